The van der Waals surface area contributed by atoms with E-state index in [4.69, 9.17) is 9.26 Å². The lowest BCUT2D eigenvalue weighted by molar-refractivity contribution is -0.139. The van der Waals surface area contributed by atoms with Gasteiger partial charge in [-0.3, -0.25) is 15.7 Å². The smallest absolute Gasteiger partial charge is 0.412 e. The molecule has 0 aliphatic heterocycles. The number of amides is 3. The molecule has 5 N–H and O–H groups in total. The summed E-state index contributed by atoms with van der Waals surface area (Å²) in [6.07, 6.45) is -0.793. The number of urea groups is 1. The zero-order valence-corrected chi connectivity index (χ0v) is 25.0. The minimum atomic E-state index is -1.36. The highest BCUT2D eigenvalue weighted by molar-refractivity contribution is 5.92. The van der Waals surface area contributed by atoms with E-state index in [2.05, 4.69) is 36.3 Å². The molecule has 2 heterocycles. The van der Waals surface area contributed by atoms with Crippen LogP contribution in [0.2, 0.25) is 0 Å². The van der Waals surface area contributed by atoms with Gasteiger partial charge in [0.2, 0.25) is 5.82 Å². The van der Waals surface area contributed by atoms with Gasteiger partial charge in [-0.1, -0.05) is 41.6 Å². The summed E-state index contributed by atoms with van der Waals surface area (Å²) in [5.41, 5.74) is 2.17. The Bertz CT molecular complexity index is 1850. The van der Waals surface area contributed by atoms with Gasteiger partial charge in [-0.25, -0.2) is 18.8 Å². The van der Waals surface area contributed by atoms with Crippen LogP contribution in [0.5, 0.6) is 0 Å². The van der Waals surface area contributed by atoms with E-state index in [9.17, 15) is 19.5 Å². The van der Waals surface area contributed by atoms with Crippen molar-refractivity contribution in [3.05, 3.63) is 90.2 Å². The Kier molecular flexibility index (Phi) is 9.07. The highest BCUT2D eigenvalue weighted by atomic mass is 19.1. The molecule has 14 heteroatoms. The number of hydrogen-bond donors (Lipinski definition) is 5. The second-order valence-electron chi connectivity index (χ2n) is 11.2. The minimum Gasteiger partial charge on any atom is -0.480 e. The number of H-pyrrole nitrogens is 1. The van der Waals surface area contributed by atoms with Gasteiger partial charge in [-0.05, 0) is 62.7 Å². The van der Waals surface area contributed by atoms with Crippen LogP contribution in [-0.4, -0.2) is 55.2 Å². The molecule has 0 fully saturated rings. The Balaban J connectivity index is 1.20. The number of carboxylic acids is 1. The van der Waals surface area contributed by atoms with Gasteiger partial charge < -0.3 is 19.7 Å². The summed E-state index contributed by atoms with van der Waals surface area (Å²) < 4.78 is 25.7. The molecular weight excluding hydrogens is 597 g/mol. The standard InChI is InChI=1S/C32H30FN7O6/c1-32(2,3)45-31(44)34-21-12-10-20(11-13-21)28-37-27(40-46-28)22-14-9-18(15-23(22)33)16-25(29(41)42)35-30(43)36-26-17-24(38-39-26)19-7-5-4-6-8-19/h4-15,17,25H,16H2,1-3H3,(H,34,44)(H,41,42)(H3,35,36,38,39,43). The van der Waals surface area contributed by atoms with Crippen LogP contribution < -0.4 is 16.0 Å². The van der Waals surface area contributed by atoms with Gasteiger partial charge in [0.25, 0.3) is 5.89 Å². The third kappa shape index (κ3) is 8.11. The van der Waals surface area contributed by atoms with Crippen molar-refractivity contribution in [1.29, 1.82) is 0 Å². The van der Waals surface area contributed by atoms with Crippen molar-refractivity contribution in [3.63, 3.8) is 0 Å². The first kappa shape index (κ1) is 31.4. The van der Waals surface area contributed by atoms with Crippen molar-refractivity contribution in [2.75, 3.05) is 10.6 Å². The molecule has 3 aromatic carbocycles. The SMILES string of the molecule is CC(C)(C)OC(=O)Nc1ccc(-c2nc(-c3ccc(CC(NC(=O)Nc4cc(-c5ccccc5)n[nH]4)C(=O)O)cc3F)no2)cc1. The lowest BCUT2D eigenvalue weighted by Gasteiger charge is -2.19. The number of hydrogen-bond acceptors (Lipinski definition) is 8. The quantitative estimate of drug-likeness (QED) is 0.129. The van der Waals surface area contributed by atoms with Crippen molar-refractivity contribution in [2.45, 2.75) is 38.8 Å². The van der Waals surface area contributed by atoms with E-state index >= 15 is 4.39 Å². The number of carbonyl (C=O) groups is 3. The molecule has 236 valence electrons. The lowest BCUT2D eigenvalue weighted by atomic mass is 10.0. The monoisotopic (exact) mass is 627 g/mol. The topological polar surface area (TPSA) is 184 Å². The summed E-state index contributed by atoms with van der Waals surface area (Å²) in [5, 5.41) is 27.9. The Morgan fingerprint density at radius 1 is 0.978 bits per heavy atom. The number of rotatable bonds is 9. The first-order valence-corrected chi connectivity index (χ1v) is 14.1. The second-order valence-corrected chi connectivity index (χ2v) is 11.2. The predicted octanol–water partition coefficient (Wildman–Crippen LogP) is 6.10. The molecule has 1 unspecified atom stereocenters. The van der Waals surface area contributed by atoms with Crippen LogP contribution in [0.25, 0.3) is 34.1 Å². The molecule has 13 nitrogen and oxygen atoms in total. The van der Waals surface area contributed by atoms with E-state index in [1.165, 1.54) is 12.1 Å². The maximum atomic E-state index is 15.2. The summed E-state index contributed by atoms with van der Waals surface area (Å²) in [4.78, 5) is 40.7. The molecule has 0 saturated carbocycles. The van der Waals surface area contributed by atoms with Gasteiger partial charge in [0.1, 0.15) is 23.3 Å². The number of anilines is 2. The van der Waals surface area contributed by atoms with E-state index in [-0.39, 0.29) is 29.5 Å². The van der Waals surface area contributed by atoms with Crippen LogP contribution >= 0.6 is 0 Å². The molecule has 0 bridgehead atoms. The molecule has 1 atom stereocenters. The highest BCUT2D eigenvalue weighted by Gasteiger charge is 2.23. The molecule has 3 amide bonds. The van der Waals surface area contributed by atoms with Gasteiger partial charge >= 0.3 is 18.1 Å². The van der Waals surface area contributed by atoms with Gasteiger partial charge in [-0.2, -0.15) is 10.1 Å². The van der Waals surface area contributed by atoms with E-state index in [1.807, 2.05) is 30.3 Å². The van der Waals surface area contributed by atoms with E-state index < -0.39 is 35.6 Å². The molecule has 0 saturated heterocycles. The molecule has 5 aromatic rings. The fourth-order valence-corrected chi connectivity index (χ4v) is 4.33. The van der Waals surface area contributed by atoms with Gasteiger partial charge in [0.15, 0.2) is 0 Å². The van der Waals surface area contributed by atoms with E-state index in [0.717, 1.165) is 11.6 Å². The number of benzene rings is 3. The van der Waals surface area contributed by atoms with Crippen molar-refractivity contribution in [2.24, 2.45) is 0 Å². The molecule has 0 aliphatic carbocycles. The molecule has 0 spiro atoms. The summed E-state index contributed by atoms with van der Waals surface area (Å²) in [5.74, 6) is -1.64. The summed E-state index contributed by atoms with van der Waals surface area (Å²) in [6.45, 7) is 5.28. The maximum absolute atomic E-state index is 15.2. The van der Waals surface area contributed by atoms with Crippen LogP contribution in [0.1, 0.15) is 26.3 Å². The third-order valence-electron chi connectivity index (χ3n) is 6.42. The Labute approximate surface area is 262 Å². The lowest BCUT2D eigenvalue weighted by Crippen LogP contribution is -2.44. The maximum Gasteiger partial charge on any atom is 0.412 e. The van der Waals surface area contributed by atoms with Gasteiger partial charge in [0.05, 0.1) is 11.3 Å². The Morgan fingerprint density at radius 2 is 1.72 bits per heavy atom. The molecule has 2 aromatic heterocycles. The molecular formula is C32H30FN7O6. The minimum absolute atomic E-state index is 0.0169. The number of carboxylic acid groups (broad SMARTS) is 1. The Morgan fingerprint density at radius 3 is 2.39 bits per heavy atom. The zero-order chi connectivity index (χ0) is 32.8. The van der Waals surface area contributed by atoms with Crippen molar-refractivity contribution in [3.8, 4) is 34.1 Å². The number of nitrogens with zero attached hydrogens (tertiary/aromatic N) is 3. The van der Waals surface area contributed by atoms with Crippen molar-refractivity contribution < 1.29 is 33.1 Å². The van der Waals surface area contributed by atoms with Crippen molar-refractivity contribution >= 4 is 29.6 Å². The molecule has 46 heavy (non-hydrogen) atoms. The normalized spacial score (nSPS) is 11.8. The first-order valence-electron chi connectivity index (χ1n) is 14.1. The second kappa shape index (κ2) is 13.3. The molecule has 0 radical (unpaired) electrons. The number of nitrogens with one attached hydrogen (secondary N) is 4. The Hall–Kier alpha value is -6.05. The zero-order valence-electron chi connectivity index (χ0n) is 25.0. The number of aromatic amines is 1. The highest BCUT2D eigenvalue weighted by Crippen LogP contribution is 2.26. The summed E-state index contributed by atoms with van der Waals surface area (Å²) >= 11 is 0. The number of aromatic nitrogens is 4. The number of halogens is 1. The van der Waals surface area contributed by atoms with Crippen LogP contribution in [-0.2, 0) is 16.0 Å². The van der Waals surface area contributed by atoms with Crippen molar-refractivity contribution in [1.82, 2.24) is 25.7 Å². The third-order valence-corrected chi connectivity index (χ3v) is 6.42. The fourth-order valence-electron chi connectivity index (χ4n) is 4.33. The van der Waals surface area contributed by atoms with E-state index in [0.29, 0.717) is 22.5 Å². The number of carbonyl (C=O) groups excluding carboxylic acids is 2. The average Bonchev–Trinajstić information content (AvgIpc) is 3.67. The van der Waals surface area contributed by atoms with Gasteiger partial charge in [0, 0.05) is 29.3 Å². The van der Waals surface area contributed by atoms with Gasteiger partial charge in [-0.15, -0.1) is 0 Å². The van der Waals surface area contributed by atoms with Crippen LogP contribution in [0.3, 0.4) is 0 Å². The number of ether oxygens (including phenoxy) is 1. The molecule has 5 rings (SSSR count). The average molecular weight is 628 g/mol. The summed E-state index contributed by atoms with van der Waals surface area (Å²) in [6, 6.07) is 19.4. The summed E-state index contributed by atoms with van der Waals surface area (Å²) in [7, 11) is 0. The first-order chi connectivity index (χ1) is 21.9. The molecule has 0 aliphatic rings. The van der Waals surface area contributed by atoms with Crippen LogP contribution in [0.15, 0.2) is 83.4 Å². The predicted molar refractivity (Wildman–Crippen MR) is 166 cm³/mol. The largest absolute Gasteiger partial charge is 0.480 e. The van der Waals surface area contributed by atoms with Crippen LogP contribution in [0, 0.1) is 5.82 Å². The fraction of sp³-hybridized carbons (Fsp3) is 0.188. The van der Waals surface area contributed by atoms with Crippen LogP contribution in [0.4, 0.5) is 25.5 Å². The number of aliphatic carboxylic acids is 1. The van der Waals surface area contributed by atoms with E-state index in [1.54, 1.807) is 51.1 Å².